The van der Waals surface area contributed by atoms with E-state index in [1.54, 1.807) is 25.3 Å². The van der Waals surface area contributed by atoms with Crippen molar-refractivity contribution in [2.75, 3.05) is 20.6 Å². The Morgan fingerprint density at radius 1 is 1.26 bits per heavy atom. The van der Waals surface area contributed by atoms with Crippen LogP contribution in [0, 0.1) is 12.7 Å². The van der Waals surface area contributed by atoms with E-state index in [1.807, 2.05) is 31.1 Å². The average molecular weight is 371 g/mol. The van der Waals surface area contributed by atoms with E-state index in [0.29, 0.717) is 29.5 Å². The summed E-state index contributed by atoms with van der Waals surface area (Å²) in [7, 11) is 3.85. The van der Waals surface area contributed by atoms with Crippen LogP contribution in [0.5, 0.6) is 0 Å². The van der Waals surface area contributed by atoms with Crippen molar-refractivity contribution in [3.63, 3.8) is 0 Å². The van der Waals surface area contributed by atoms with E-state index in [4.69, 9.17) is 8.83 Å². The normalized spacial score (nSPS) is 12.3. The van der Waals surface area contributed by atoms with Gasteiger partial charge in [0, 0.05) is 12.1 Å². The smallest absolute Gasteiger partial charge is 0.226 e. The van der Waals surface area contributed by atoms with Gasteiger partial charge in [-0.1, -0.05) is 0 Å². The number of aryl methyl sites for hydroxylation is 1. The molecule has 0 aliphatic heterocycles. The number of hydrogen-bond acceptors (Lipinski definition) is 5. The van der Waals surface area contributed by atoms with Crippen molar-refractivity contribution in [1.29, 1.82) is 0 Å². The van der Waals surface area contributed by atoms with Gasteiger partial charge in [0.1, 0.15) is 17.3 Å². The zero-order valence-corrected chi connectivity index (χ0v) is 15.5. The number of hydrogen-bond donors (Lipinski definition) is 1. The second kappa shape index (κ2) is 8.18. The second-order valence-electron chi connectivity index (χ2n) is 6.50. The summed E-state index contributed by atoms with van der Waals surface area (Å²) >= 11 is 0. The van der Waals surface area contributed by atoms with Crippen molar-refractivity contribution in [2.24, 2.45) is 0 Å². The van der Waals surface area contributed by atoms with Gasteiger partial charge in [-0.2, -0.15) is 0 Å². The largest absolute Gasteiger partial charge is 0.468 e. The minimum atomic E-state index is -0.325. The molecule has 0 radical (unpaired) electrons. The quantitative estimate of drug-likeness (QED) is 0.690. The number of carbonyl (C=O) groups is 1. The van der Waals surface area contributed by atoms with Crippen molar-refractivity contribution in [3.05, 3.63) is 65.7 Å². The number of likely N-dealkylation sites (N-methyl/N-ethyl adjacent to an activating group) is 1. The van der Waals surface area contributed by atoms with E-state index < -0.39 is 0 Å². The number of benzene rings is 1. The van der Waals surface area contributed by atoms with Crippen LogP contribution in [-0.4, -0.2) is 36.4 Å². The lowest BCUT2D eigenvalue weighted by molar-refractivity contribution is -0.120. The van der Waals surface area contributed by atoms with Crippen LogP contribution in [0.1, 0.15) is 23.3 Å². The number of oxazole rings is 1. The Labute approximate surface area is 157 Å². The predicted octanol–water partition coefficient (Wildman–Crippen LogP) is 3.34. The Morgan fingerprint density at radius 3 is 2.63 bits per heavy atom. The molecule has 1 atom stereocenters. The Balaban J connectivity index is 1.63. The molecule has 0 spiro atoms. The molecule has 3 aromatic rings. The maximum atomic E-state index is 13.1. The lowest BCUT2D eigenvalue weighted by Crippen LogP contribution is -2.35. The monoisotopic (exact) mass is 371 g/mol. The van der Waals surface area contributed by atoms with E-state index in [0.717, 1.165) is 5.76 Å². The lowest BCUT2D eigenvalue weighted by atomic mass is 10.2. The Morgan fingerprint density at radius 2 is 2.00 bits per heavy atom. The van der Waals surface area contributed by atoms with Crippen LogP contribution in [-0.2, 0) is 11.2 Å². The van der Waals surface area contributed by atoms with E-state index in [9.17, 15) is 9.18 Å². The highest BCUT2D eigenvalue weighted by Crippen LogP contribution is 2.22. The van der Waals surface area contributed by atoms with Gasteiger partial charge in [0.05, 0.1) is 24.4 Å². The van der Waals surface area contributed by atoms with Crippen molar-refractivity contribution in [3.8, 4) is 11.5 Å². The molecular weight excluding hydrogens is 349 g/mol. The number of aromatic nitrogens is 1. The molecule has 0 saturated carbocycles. The zero-order chi connectivity index (χ0) is 19.4. The van der Waals surface area contributed by atoms with Gasteiger partial charge in [-0.3, -0.25) is 9.69 Å². The van der Waals surface area contributed by atoms with Gasteiger partial charge < -0.3 is 14.2 Å². The predicted molar refractivity (Wildman–Crippen MR) is 98.5 cm³/mol. The minimum absolute atomic E-state index is 0.0582. The van der Waals surface area contributed by atoms with Crippen LogP contribution in [0.25, 0.3) is 11.5 Å². The van der Waals surface area contributed by atoms with Crippen molar-refractivity contribution >= 4 is 5.91 Å². The van der Waals surface area contributed by atoms with Crippen molar-refractivity contribution in [1.82, 2.24) is 15.2 Å². The molecule has 1 amide bonds. The first-order valence-electron chi connectivity index (χ1n) is 8.63. The van der Waals surface area contributed by atoms with E-state index in [1.165, 1.54) is 12.1 Å². The summed E-state index contributed by atoms with van der Waals surface area (Å²) in [5, 5.41) is 2.91. The summed E-state index contributed by atoms with van der Waals surface area (Å²) in [6.07, 6.45) is 1.72. The van der Waals surface area contributed by atoms with Gasteiger partial charge in [-0.25, -0.2) is 9.37 Å². The number of carbonyl (C=O) groups excluding carboxylic acids is 1. The fourth-order valence-electron chi connectivity index (χ4n) is 2.75. The first-order valence-corrected chi connectivity index (χ1v) is 8.63. The van der Waals surface area contributed by atoms with Crippen LogP contribution >= 0.6 is 0 Å². The molecule has 0 aliphatic rings. The maximum absolute atomic E-state index is 13.1. The summed E-state index contributed by atoms with van der Waals surface area (Å²) in [5.41, 5.74) is 1.22. The van der Waals surface area contributed by atoms with Crippen molar-refractivity contribution in [2.45, 2.75) is 19.4 Å². The summed E-state index contributed by atoms with van der Waals surface area (Å²) in [6.45, 7) is 2.18. The van der Waals surface area contributed by atoms with Gasteiger partial charge in [-0.15, -0.1) is 0 Å². The molecule has 2 heterocycles. The lowest BCUT2D eigenvalue weighted by Gasteiger charge is -2.22. The third kappa shape index (κ3) is 4.62. The molecule has 27 heavy (non-hydrogen) atoms. The Hall–Kier alpha value is -2.93. The average Bonchev–Trinajstić information content (AvgIpc) is 3.26. The second-order valence-corrected chi connectivity index (χ2v) is 6.50. The van der Waals surface area contributed by atoms with Crippen molar-refractivity contribution < 1.29 is 18.0 Å². The topological polar surface area (TPSA) is 71.5 Å². The summed E-state index contributed by atoms with van der Waals surface area (Å²) in [4.78, 5) is 18.7. The summed E-state index contributed by atoms with van der Waals surface area (Å²) in [5.74, 6) is 1.25. The van der Waals surface area contributed by atoms with Crippen LogP contribution in [0.2, 0.25) is 0 Å². The molecule has 7 heteroatoms. The number of nitrogens with one attached hydrogen (secondary N) is 1. The molecule has 1 aromatic carbocycles. The zero-order valence-electron chi connectivity index (χ0n) is 15.5. The molecule has 0 fully saturated rings. The molecule has 142 valence electrons. The number of furan rings is 1. The summed E-state index contributed by atoms with van der Waals surface area (Å²) in [6, 6.07) is 9.52. The highest BCUT2D eigenvalue weighted by molar-refractivity contribution is 5.78. The molecule has 0 saturated heterocycles. The van der Waals surface area contributed by atoms with Gasteiger partial charge in [0.25, 0.3) is 0 Å². The molecule has 2 aromatic heterocycles. The fraction of sp³-hybridized carbons (Fsp3) is 0.300. The highest BCUT2D eigenvalue weighted by atomic mass is 19.1. The standard InChI is InChI=1S/C20H22FN3O3/c1-13-16(23-20(27-13)14-6-8-15(21)9-7-14)11-19(25)22-12-17(24(2)3)18-5-4-10-26-18/h4-10,17H,11-12H2,1-3H3,(H,22,25). The third-order valence-electron chi connectivity index (χ3n) is 4.30. The molecule has 0 bridgehead atoms. The minimum Gasteiger partial charge on any atom is -0.468 e. The van der Waals surface area contributed by atoms with E-state index in [2.05, 4.69) is 10.3 Å². The number of nitrogens with zero attached hydrogens (tertiary/aromatic N) is 2. The molecule has 1 unspecified atom stereocenters. The van der Waals surface area contributed by atoms with Crippen LogP contribution in [0.4, 0.5) is 4.39 Å². The molecule has 6 nitrogen and oxygen atoms in total. The molecule has 3 rings (SSSR count). The number of amides is 1. The van der Waals surface area contributed by atoms with Gasteiger partial charge >= 0.3 is 0 Å². The van der Waals surface area contributed by atoms with Gasteiger partial charge in [-0.05, 0) is 57.4 Å². The van der Waals surface area contributed by atoms with Crippen LogP contribution < -0.4 is 5.32 Å². The number of halogens is 1. The molecular formula is C20H22FN3O3. The maximum Gasteiger partial charge on any atom is 0.226 e. The van der Waals surface area contributed by atoms with E-state index in [-0.39, 0.29) is 24.2 Å². The summed E-state index contributed by atoms with van der Waals surface area (Å²) < 4.78 is 24.1. The number of rotatable bonds is 7. The first-order chi connectivity index (χ1) is 12.9. The van der Waals surface area contributed by atoms with E-state index >= 15 is 0 Å². The third-order valence-corrected chi connectivity index (χ3v) is 4.30. The fourth-order valence-corrected chi connectivity index (χ4v) is 2.75. The molecule has 1 N–H and O–H groups in total. The first kappa shape index (κ1) is 18.8. The Bertz CT molecular complexity index is 886. The van der Waals surface area contributed by atoms with Crippen LogP contribution in [0.15, 0.2) is 51.5 Å². The molecule has 0 aliphatic carbocycles. The van der Waals surface area contributed by atoms with Gasteiger partial charge in [0.2, 0.25) is 11.8 Å². The van der Waals surface area contributed by atoms with Gasteiger partial charge in [0.15, 0.2) is 0 Å². The van der Waals surface area contributed by atoms with Crippen LogP contribution in [0.3, 0.4) is 0 Å². The Kier molecular flexibility index (Phi) is 5.71. The highest BCUT2D eigenvalue weighted by Gasteiger charge is 2.19. The SMILES string of the molecule is Cc1oc(-c2ccc(F)cc2)nc1CC(=O)NCC(c1ccco1)N(C)C.